The Morgan fingerprint density at radius 2 is 1.35 bits per heavy atom. The standard InChI is InChI=1S/C18H18N2/c19-17-11-15(13-7-3-1-4-8-13)16(12-18(17)20)14-9-5-2-6-10-14/h1-11,18H,12,19-20H2. The molecule has 100 valence electrons. The average Bonchev–Trinajstić information content (AvgIpc) is 2.51. The van der Waals surface area contributed by atoms with Crippen molar-refractivity contribution in [3.8, 4) is 0 Å². The summed E-state index contributed by atoms with van der Waals surface area (Å²) in [6.07, 6.45) is 2.79. The quantitative estimate of drug-likeness (QED) is 0.873. The molecule has 1 aliphatic carbocycles. The summed E-state index contributed by atoms with van der Waals surface area (Å²) in [5.74, 6) is 0. The van der Waals surface area contributed by atoms with Crippen LogP contribution >= 0.6 is 0 Å². The van der Waals surface area contributed by atoms with Gasteiger partial charge in [-0.15, -0.1) is 0 Å². The van der Waals surface area contributed by atoms with Crippen LogP contribution in [0.3, 0.4) is 0 Å². The predicted octanol–water partition coefficient (Wildman–Crippen LogP) is 3.17. The fourth-order valence-corrected chi connectivity index (χ4v) is 2.60. The molecule has 2 nitrogen and oxygen atoms in total. The molecule has 1 unspecified atom stereocenters. The van der Waals surface area contributed by atoms with Gasteiger partial charge in [0.05, 0.1) is 0 Å². The maximum Gasteiger partial charge on any atom is 0.0483 e. The third-order valence-electron chi connectivity index (χ3n) is 3.70. The lowest BCUT2D eigenvalue weighted by molar-refractivity contribution is 0.777. The van der Waals surface area contributed by atoms with Gasteiger partial charge in [0.15, 0.2) is 0 Å². The first-order valence-electron chi connectivity index (χ1n) is 6.82. The highest BCUT2D eigenvalue weighted by Crippen LogP contribution is 2.35. The molecular formula is C18H18N2. The second kappa shape index (κ2) is 5.35. The Bertz CT molecular complexity index is 654. The van der Waals surface area contributed by atoms with Crippen molar-refractivity contribution in [1.29, 1.82) is 0 Å². The van der Waals surface area contributed by atoms with Gasteiger partial charge in [-0.2, -0.15) is 0 Å². The molecule has 0 aromatic heterocycles. The number of benzene rings is 2. The molecule has 0 fully saturated rings. The summed E-state index contributed by atoms with van der Waals surface area (Å²) in [5, 5.41) is 0. The molecule has 20 heavy (non-hydrogen) atoms. The van der Waals surface area contributed by atoms with E-state index in [1.54, 1.807) is 0 Å². The van der Waals surface area contributed by atoms with E-state index in [1.807, 2.05) is 30.3 Å². The predicted molar refractivity (Wildman–Crippen MR) is 84.6 cm³/mol. The van der Waals surface area contributed by atoms with E-state index in [4.69, 9.17) is 11.5 Å². The molecule has 1 aliphatic rings. The van der Waals surface area contributed by atoms with E-state index in [2.05, 4.69) is 36.4 Å². The van der Waals surface area contributed by atoms with Gasteiger partial charge in [0, 0.05) is 11.7 Å². The van der Waals surface area contributed by atoms with Gasteiger partial charge in [-0.25, -0.2) is 0 Å². The van der Waals surface area contributed by atoms with Crippen molar-refractivity contribution in [3.63, 3.8) is 0 Å². The molecule has 0 saturated carbocycles. The van der Waals surface area contributed by atoms with Gasteiger partial charge in [0.25, 0.3) is 0 Å². The Balaban J connectivity index is 2.18. The zero-order valence-electron chi connectivity index (χ0n) is 11.3. The highest BCUT2D eigenvalue weighted by molar-refractivity contribution is 5.97. The Hall–Kier alpha value is -2.32. The van der Waals surface area contributed by atoms with E-state index >= 15 is 0 Å². The highest BCUT2D eigenvalue weighted by Gasteiger charge is 2.20. The van der Waals surface area contributed by atoms with Gasteiger partial charge in [-0.1, -0.05) is 60.7 Å². The molecule has 0 bridgehead atoms. The topological polar surface area (TPSA) is 52.0 Å². The molecule has 2 aromatic rings. The molecule has 4 N–H and O–H groups in total. The van der Waals surface area contributed by atoms with Crippen molar-refractivity contribution in [1.82, 2.24) is 0 Å². The van der Waals surface area contributed by atoms with Crippen LogP contribution in [-0.2, 0) is 0 Å². The first-order chi connectivity index (χ1) is 9.75. The normalized spacial score (nSPS) is 18.9. The second-order valence-electron chi connectivity index (χ2n) is 5.08. The van der Waals surface area contributed by atoms with E-state index in [9.17, 15) is 0 Å². The maximum absolute atomic E-state index is 6.12. The Morgan fingerprint density at radius 1 is 0.800 bits per heavy atom. The fourth-order valence-electron chi connectivity index (χ4n) is 2.60. The van der Waals surface area contributed by atoms with Crippen LogP contribution in [0.1, 0.15) is 17.5 Å². The van der Waals surface area contributed by atoms with Gasteiger partial charge in [0.1, 0.15) is 0 Å². The van der Waals surface area contributed by atoms with Crippen molar-refractivity contribution >= 4 is 11.1 Å². The lowest BCUT2D eigenvalue weighted by Gasteiger charge is -2.24. The van der Waals surface area contributed by atoms with Crippen LogP contribution in [0.5, 0.6) is 0 Å². The molecule has 0 amide bonds. The molecule has 0 heterocycles. The minimum absolute atomic E-state index is 0.0994. The third-order valence-corrected chi connectivity index (χ3v) is 3.70. The molecule has 3 rings (SSSR count). The highest BCUT2D eigenvalue weighted by atomic mass is 14.7. The molecule has 0 spiro atoms. The molecular weight excluding hydrogens is 244 g/mol. The third kappa shape index (κ3) is 2.38. The van der Waals surface area contributed by atoms with Crippen LogP contribution in [0.2, 0.25) is 0 Å². The van der Waals surface area contributed by atoms with Crippen molar-refractivity contribution in [3.05, 3.63) is 83.6 Å². The first kappa shape index (κ1) is 12.7. The van der Waals surface area contributed by atoms with E-state index in [0.717, 1.165) is 12.1 Å². The number of hydrogen-bond donors (Lipinski definition) is 2. The monoisotopic (exact) mass is 262 g/mol. The summed E-state index contributed by atoms with van der Waals surface area (Å²) in [6.45, 7) is 0. The van der Waals surface area contributed by atoms with E-state index in [1.165, 1.54) is 22.3 Å². The first-order valence-corrected chi connectivity index (χ1v) is 6.82. The summed E-state index contributed by atoms with van der Waals surface area (Å²) < 4.78 is 0. The lowest BCUT2D eigenvalue weighted by Crippen LogP contribution is -2.30. The summed E-state index contributed by atoms with van der Waals surface area (Å²) in [6, 6.07) is 20.6. The van der Waals surface area contributed by atoms with Crippen molar-refractivity contribution in [2.24, 2.45) is 11.5 Å². The molecule has 0 aliphatic heterocycles. The Labute approximate surface area is 119 Å². The molecule has 0 radical (unpaired) electrons. The van der Waals surface area contributed by atoms with Crippen LogP contribution in [0.25, 0.3) is 11.1 Å². The SMILES string of the molecule is NC1=CC(c2ccccc2)=C(c2ccccc2)CC1N. The van der Waals surface area contributed by atoms with Crippen LogP contribution in [0.4, 0.5) is 0 Å². The van der Waals surface area contributed by atoms with E-state index in [-0.39, 0.29) is 6.04 Å². The summed E-state index contributed by atoms with van der Waals surface area (Å²) >= 11 is 0. The average molecular weight is 262 g/mol. The fraction of sp³-hybridized carbons (Fsp3) is 0.111. The largest absolute Gasteiger partial charge is 0.401 e. The molecule has 0 saturated heterocycles. The zero-order chi connectivity index (χ0) is 13.9. The van der Waals surface area contributed by atoms with E-state index < -0.39 is 0 Å². The van der Waals surface area contributed by atoms with Crippen molar-refractivity contribution in [2.75, 3.05) is 0 Å². The van der Waals surface area contributed by atoms with Crippen LogP contribution in [0.15, 0.2) is 72.4 Å². The lowest BCUT2D eigenvalue weighted by atomic mass is 9.85. The Morgan fingerprint density at radius 3 is 1.95 bits per heavy atom. The van der Waals surface area contributed by atoms with Crippen LogP contribution < -0.4 is 11.5 Å². The van der Waals surface area contributed by atoms with Crippen molar-refractivity contribution < 1.29 is 0 Å². The summed E-state index contributed by atoms with van der Waals surface area (Å²) in [4.78, 5) is 0. The van der Waals surface area contributed by atoms with Crippen molar-refractivity contribution in [2.45, 2.75) is 12.5 Å². The summed E-state index contributed by atoms with van der Waals surface area (Å²) in [5.41, 5.74) is 17.8. The zero-order valence-corrected chi connectivity index (χ0v) is 11.3. The summed E-state index contributed by atoms with van der Waals surface area (Å²) in [7, 11) is 0. The van der Waals surface area contributed by atoms with Crippen LogP contribution in [-0.4, -0.2) is 6.04 Å². The Kier molecular flexibility index (Phi) is 3.40. The number of rotatable bonds is 2. The molecule has 1 atom stereocenters. The second-order valence-corrected chi connectivity index (χ2v) is 5.08. The number of hydrogen-bond acceptors (Lipinski definition) is 2. The number of nitrogens with two attached hydrogens (primary N) is 2. The molecule has 2 aromatic carbocycles. The van der Waals surface area contributed by atoms with Gasteiger partial charge in [0.2, 0.25) is 0 Å². The number of allylic oxidation sites excluding steroid dienone is 2. The van der Waals surface area contributed by atoms with Gasteiger partial charge < -0.3 is 11.5 Å². The minimum Gasteiger partial charge on any atom is -0.401 e. The van der Waals surface area contributed by atoms with Crippen LogP contribution in [0, 0.1) is 0 Å². The maximum atomic E-state index is 6.12. The van der Waals surface area contributed by atoms with Gasteiger partial charge in [-0.05, 0) is 34.8 Å². The van der Waals surface area contributed by atoms with E-state index in [0.29, 0.717) is 0 Å². The minimum atomic E-state index is -0.0994. The van der Waals surface area contributed by atoms with Gasteiger partial charge >= 0.3 is 0 Å². The molecule has 2 heteroatoms. The van der Waals surface area contributed by atoms with Gasteiger partial charge in [-0.3, -0.25) is 0 Å². The smallest absolute Gasteiger partial charge is 0.0483 e.